The lowest BCUT2D eigenvalue weighted by atomic mass is 9.82. The average molecular weight is 265 g/mol. The maximum Gasteiger partial charge on any atom is 0.106 e. The zero-order valence-corrected chi connectivity index (χ0v) is 11.4. The summed E-state index contributed by atoms with van der Waals surface area (Å²) in [6, 6.07) is 1.84. The Morgan fingerprint density at radius 2 is 2.28 bits per heavy atom. The summed E-state index contributed by atoms with van der Waals surface area (Å²) in [5, 5.41) is 3.42. The van der Waals surface area contributed by atoms with Crippen LogP contribution in [0.3, 0.4) is 0 Å². The van der Waals surface area contributed by atoms with Gasteiger partial charge in [-0.15, -0.1) is 0 Å². The molecule has 0 bridgehead atoms. The molecule has 18 heavy (non-hydrogen) atoms. The molecule has 4 nitrogen and oxygen atoms in total. The van der Waals surface area contributed by atoms with Gasteiger partial charge in [-0.1, -0.05) is 19.1 Å². The number of anilines is 1. The highest BCUT2D eigenvalue weighted by molar-refractivity contribution is 7.80. The van der Waals surface area contributed by atoms with Crippen molar-refractivity contribution < 1.29 is 4.74 Å². The first-order valence-corrected chi connectivity index (χ1v) is 6.57. The lowest BCUT2D eigenvalue weighted by Gasteiger charge is -2.34. The quantitative estimate of drug-likeness (QED) is 0.815. The van der Waals surface area contributed by atoms with Gasteiger partial charge in [-0.2, -0.15) is 0 Å². The van der Waals surface area contributed by atoms with Gasteiger partial charge in [0.25, 0.3) is 0 Å². The van der Waals surface area contributed by atoms with E-state index in [1.807, 2.05) is 6.07 Å². The summed E-state index contributed by atoms with van der Waals surface area (Å²) < 4.78 is 5.40. The minimum absolute atomic E-state index is 0.265. The largest absolute Gasteiger partial charge is 0.389 e. The second-order valence-corrected chi connectivity index (χ2v) is 5.50. The second-order valence-electron chi connectivity index (χ2n) is 5.06. The summed E-state index contributed by atoms with van der Waals surface area (Å²) in [5.74, 6) is 0. The summed E-state index contributed by atoms with van der Waals surface area (Å²) in [6.07, 6.45) is 5.62. The number of aromatic nitrogens is 1. The molecule has 0 amide bonds. The SMILES string of the molecule is CC1(CNc2cnccc2C(N)=S)CCOCC1. The molecule has 0 saturated carbocycles. The average Bonchev–Trinajstić information content (AvgIpc) is 2.38. The fourth-order valence-corrected chi connectivity index (χ4v) is 2.28. The first kappa shape index (κ1) is 13.2. The van der Waals surface area contributed by atoms with E-state index in [1.165, 1.54) is 0 Å². The number of thiocarbonyl (C=S) groups is 1. The van der Waals surface area contributed by atoms with Crippen LogP contribution in [0.15, 0.2) is 18.5 Å². The summed E-state index contributed by atoms with van der Waals surface area (Å²) >= 11 is 5.04. The van der Waals surface area contributed by atoms with Crippen molar-refractivity contribution in [1.29, 1.82) is 0 Å². The lowest BCUT2D eigenvalue weighted by molar-refractivity contribution is 0.0300. The third-order valence-electron chi connectivity index (χ3n) is 3.49. The Morgan fingerprint density at radius 3 is 2.94 bits per heavy atom. The van der Waals surface area contributed by atoms with Crippen LogP contribution >= 0.6 is 12.2 Å². The van der Waals surface area contributed by atoms with Gasteiger partial charge >= 0.3 is 0 Å². The van der Waals surface area contributed by atoms with Crippen LogP contribution in [-0.2, 0) is 4.74 Å². The molecule has 1 fully saturated rings. The van der Waals surface area contributed by atoms with Gasteiger partial charge in [0.15, 0.2) is 0 Å². The van der Waals surface area contributed by atoms with Crippen molar-refractivity contribution in [2.24, 2.45) is 11.1 Å². The van der Waals surface area contributed by atoms with Gasteiger partial charge in [-0.3, -0.25) is 4.98 Å². The van der Waals surface area contributed by atoms with Crippen molar-refractivity contribution in [1.82, 2.24) is 4.98 Å². The van der Waals surface area contributed by atoms with E-state index in [-0.39, 0.29) is 5.41 Å². The maximum absolute atomic E-state index is 5.70. The Hall–Kier alpha value is -1.20. The van der Waals surface area contributed by atoms with E-state index in [1.54, 1.807) is 12.4 Å². The Labute approximate surface area is 113 Å². The Morgan fingerprint density at radius 1 is 1.56 bits per heavy atom. The third-order valence-corrected chi connectivity index (χ3v) is 3.71. The normalized spacial score (nSPS) is 18.3. The van der Waals surface area contributed by atoms with E-state index in [4.69, 9.17) is 22.7 Å². The number of nitrogens with one attached hydrogen (secondary N) is 1. The monoisotopic (exact) mass is 265 g/mol. The minimum Gasteiger partial charge on any atom is -0.389 e. The van der Waals surface area contributed by atoms with Gasteiger partial charge in [0.2, 0.25) is 0 Å². The first-order valence-electron chi connectivity index (χ1n) is 6.16. The minimum atomic E-state index is 0.265. The number of ether oxygens (including phenoxy) is 1. The van der Waals surface area contributed by atoms with Crippen molar-refractivity contribution in [2.75, 3.05) is 25.1 Å². The van der Waals surface area contributed by atoms with Crippen LogP contribution in [0.25, 0.3) is 0 Å². The molecule has 0 radical (unpaired) electrons. The second kappa shape index (κ2) is 5.63. The zero-order valence-electron chi connectivity index (χ0n) is 10.6. The van der Waals surface area contributed by atoms with Gasteiger partial charge in [-0.25, -0.2) is 0 Å². The van der Waals surface area contributed by atoms with Crippen LogP contribution in [0.4, 0.5) is 5.69 Å². The van der Waals surface area contributed by atoms with Crippen LogP contribution in [0.1, 0.15) is 25.3 Å². The van der Waals surface area contributed by atoms with Crippen molar-refractivity contribution in [3.63, 3.8) is 0 Å². The van der Waals surface area contributed by atoms with Crippen LogP contribution in [0.2, 0.25) is 0 Å². The Kier molecular flexibility index (Phi) is 4.14. The predicted octanol–water partition coefficient (Wildman–Crippen LogP) is 1.94. The number of rotatable bonds is 4. The molecule has 5 heteroatoms. The lowest BCUT2D eigenvalue weighted by Crippen LogP contribution is -2.33. The molecule has 98 valence electrons. The third kappa shape index (κ3) is 3.17. The van der Waals surface area contributed by atoms with Crippen LogP contribution in [0.5, 0.6) is 0 Å². The summed E-state index contributed by atoms with van der Waals surface area (Å²) in [4.78, 5) is 4.51. The van der Waals surface area contributed by atoms with E-state index in [9.17, 15) is 0 Å². The molecule has 1 aromatic heterocycles. The Bertz CT molecular complexity index is 430. The predicted molar refractivity (Wildman–Crippen MR) is 76.8 cm³/mol. The van der Waals surface area contributed by atoms with Gasteiger partial charge in [-0.05, 0) is 24.3 Å². The van der Waals surface area contributed by atoms with Crippen LogP contribution in [0, 0.1) is 5.41 Å². The molecular formula is C13H19N3OS. The first-order chi connectivity index (χ1) is 8.61. The highest BCUT2D eigenvalue weighted by Crippen LogP contribution is 2.30. The number of hydrogen-bond donors (Lipinski definition) is 2. The molecule has 1 saturated heterocycles. The molecule has 0 aromatic carbocycles. The number of nitrogens with two attached hydrogens (primary N) is 1. The molecule has 0 spiro atoms. The fourth-order valence-electron chi connectivity index (χ4n) is 2.10. The zero-order chi connectivity index (χ0) is 13.0. The molecule has 1 aromatic rings. The van der Waals surface area contributed by atoms with Crippen molar-refractivity contribution in [3.05, 3.63) is 24.0 Å². The van der Waals surface area contributed by atoms with Crippen LogP contribution < -0.4 is 11.1 Å². The van der Waals surface area contributed by atoms with E-state index in [2.05, 4.69) is 17.2 Å². The smallest absolute Gasteiger partial charge is 0.106 e. The highest BCUT2D eigenvalue weighted by Gasteiger charge is 2.27. The fraction of sp³-hybridized carbons (Fsp3) is 0.538. The highest BCUT2D eigenvalue weighted by atomic mass is 32.1. The van der Waals surface area contributed by atoms with Crippen LogP contribution in [-0.4, -0.2) is 29.7 Å². The van der Waals surface area contributed by atoms with E-state index < -0.39 is 0 Å². The van der Waals surface area contributed by atoms with Gasteiger partial charge < -0.3 is 15.8 Å². The van der Waals surface area contributed by atoms with E-state index in [0.29, 0.717) is 4.99 Å². The molecule has 1 aliphatic rings. The molecule has 2 rings (SSSR count). The van der Waals surface area contributed by atoms with Crippen molar-refractivity contribution in [2.45, 2.75) is 19.8 Å². The standard InChI is InChI=1S/C13H19N3OS/c1-13(3-6-17-7-4-13)9-16-11-8-15-5-2-10(11)12(14)18/h2,5,8,16H,3-4,6-7,9H2,1H3,(H2,14,18). The molecule has 2 heterocycles. The summed E-state index contributed by atoms with van der Waals surface area (Å²) in [6.45, 7) is 4.84. The van der Waals surface area contributed by atoms with Gasteiger partial charge in [0, 0.05) is 31.5 Å². The molecule has 0 aliphatic carbocycles. The van der Waals surface area contributed by atoms with Crippen molar-refractivity contribution >= 4 is 22.9 Å². The maximum atomic E-state index is 5.70. The number of hydrogen-bond acceptors (Lipinski definition) is 4. The number of pyridine rings is 1. The molecule has 0 atom stereocenters. The Balaban J connectivity index is 2.03. The molecular weight excluding hydrogens is 246 g/mol. The van der Waals surface area contributed by atoms with E-state index >= 15 is 0 Å². The topological polar surface area (TPSA) is 60.2 Å². The molecule has 0 unspecified atom stereocenters. The van der Waals surface area contributed by atoms with Crippen molar-refractivity contribution in [3.8, 4) is 0 Å². The number of nitrogens with zero attached hydrogens (tertiary/aromatic N) is 1. The van der Waals surface area contributed by atoms with Gasteiger partial charge in [0.05, 0.1) is 11.9 Å². The molecule has 3 N–H and O–H groups in total. The molecule has 1 aliphatic heterocycles. The van der Waals surface area contributed by atoms with Gasteiger partial charge in [0.1, 0.15) is 4.99 Å². The van der Waals surface area contributed by atoms with E-state index in [0.717, 1.165) is 43.9 Å². The summed E-state index contributed by atoms with van der Waals surface area (Å²) in [7, 11) is 0. The summed E-state index contributed by atoms with van der Waals surface area (Å²) in [5.41, 5.74) is 7.74.